The third-order valence-electron chi connectivity index (χ3n) is 3.76. The molecule has 1 unspecified atom stereocenters. The van der Waals surface area contributed by atoms with Gasteiger partial charge >= 0.3 is 0 Å². The van der Waals surface area contributed by atoms with Gasteiger partial charge in [0.1, 0.15) is 6.07 Å². The summed E-state index contributed by atoms with van der Waals surface area (Å²) < 4.78 is 0. The number of nitrogens with zero attached hydrogens (tertiary/aromatic N) is 2. The van der Waals surface area contributed by atoms with Gasteiger partial charge in [0.2, 0.25) is 0 Å². The van der Waals surface area contributed by atoms with Crippen LogP contribution in [0.1, 0.15) is 31.7 Å². The fourth-order valence-corrected chi connectivity index (χ4v) is 2.86. The van der Waals surface area contributed by atoms with Crippen molar-refractivity contribution in [3.05, 3.63) is 28.8 Å². The lowest BCUT2D eigenvalue weighted by Crippen LogP contribution is -2.35. The zero-order chi connectivity index (χ0) is 14.4. The molecule has 1 fully saturated rings. The lowest BCUT2D eigenvalue weighted by atomic mass is 10.1. The highest BCUT2D eigenvalue weighted by atomic mass is 35.5. The second-order valence-corrected chi connectivity index (χ2v) is 6.09. The van der Waals surface area contributed by atoms with Gasteiger partial charge in [-0.3, -0.25) is 0 Å². The van der Waals surface area contributed by atoms with E-state index in [1.165, 1.54) is 32.4 Å². The maximum Gasteiger partial charge on any atom is 0.101 e. The summed E-state index contributed by atoms with van der Waals surface area (Å²) in [7, 11) is 0. The molecule has 0 spiro atoms. The zero-order valence-corrected chi connectivity index (χ0v) is 12.8. The first kappa shape index (κ1) is 15.2. The summed E-state index contributed by atoms with van der Waals surface area (Å²) in [5.74, 6) is 0.554. The van der Waals surface area contributed by atoms with E-state index in [1.54, 1.807) is 12.1 Å². The normalized spacial score (nSPS) is 17.4. The van der Waals surface area contributed by atoms with Crippen LogP contribution in [0, 0.1) is 17.2 Å². The van der Waals surface area contributed by atoms with Crippen LogP contribution in [0.3, 0.4) is 0 Å². The Labute approximate surface area is 126 Å². The molecule has 0 aliphatic carbocycles. The van der Waals surface area contributed by atoms with Crippen LogP contribution < -0.4 is 5.32 Å². The fraction of sp³-hybridized carbons (Fsp3) is 0.562. The number of anilines is 1. The van der Waals surface area contributed by atoms with Gasteiger partial charge in [-0.1, -0.05) is 24.9 Å². The monoisotopic (exact) mass is 291 g/mol. The first-order chi connectivity index (χ1) is 9.69. The molecule has 1 saturated heterocycles. The molecule has 0 amide bonds. The number of likely N-dealkylation sites (tertiary alicyclic amines) is 1. The van der Waals surface area contributed by atoms with Crippen molar-refractivity contribution in [2.24, 2.45) is 5.92 Å². The summed E-state index contributed by atoms with van der Waals surface area (Å²) in [4.78, 5) is 2.54. The summed E-state index contributed by atoms with van der Waals surface area (Å²) in [6.45, 7) is 6.69. The molecule has 2 rings (SSSR count). The van der Waals surface area contributed by atoms with Crippen molar-refractivity contribution < 1.29 is 0 Å². The summed E-state index contributed by atoms with van der Waals surface area (Å²) in [6, 6.07) is 7.54. The van der Waals surface area contributed by atoms with Crippen LogP contribution in [0.2, 0.25) is 5.02 Å². The van der Waals surface area contributed by atoms with Crippen molar-refractivity contribution in [3.63, 3.8) is 0 Å². The fourth-order valence-electron chi connectivity index (χ4n) is 2.69. The number of halogens is 1. The third kappa shape index (κ3) is 4.40. The summed E-state index contributed by atoms with van der Waals surface area (Å²) in [5, 5.41) is 13.1. The molecular formula is C16H22ClN3. The minimum absolute atomic E-state index is 0.554. The number of rotatable bonds is 5. The second kappa shape index (κ2) is 7.52. The minimum Gasteiger partial charge on any atom is -0.384 e. The topological polar surface area (TPSA) is 39.1 Å². The van der Waals surface area contributed by atoms with Gasteiger partial charge in [0, 0.05) is 18.1 Å². The number of nitrogens with one attached hydrogen (secondary N) is 1. The van der Waals surface area contributed by atoms with E-state index in [4.69, 9.17) is 16.9 Å². The van der Waals surface area contributed by atoms with Gasteiger partial charge in [-0.2, -0.15) is 5.26 Å². The Morgan fingerprint density at radius 3 is 2.80 bits per heavy atom. The molecule has 1 aliphatic heterocycles. The number of nitriles is 1. The van der Waals surface area contributed by atoms with Crippen LogP contribution in [0.15, 0.2) is 18.2 Å². The molecule has 1 heterocycles. The molecule has 1 aromatic carbocycles. The highest BCUT2D eigenvalue weighted by Gasteiger charge is 2.13. The molecule has 1 atom stereocenters. The maximum atomic E-state index is 9.09. The molecule has 0 bridgehead atoms. The molecule has 3 nitrogen and oxygen atoms in total. The smallest absolute Gasteiger partial charge is 0.101 e. The maximum absolute atomic E-state index is 9.09. The van der Waals surface area contributed by atoms with Gasteiger partial charge in [-0.15, -0.1) is 0 Å². The second-order valence-electron chi connectivity index (χ2n) is 5.65. The number of hydrogen-bond donors (Lipinski definition) is 1. The molecular weight excluding hydrogens is 270 g/mol. The standard InChI is InChI=1S/C16H22ClN3/c1-13(12-20-7-3-2-4-8-20)11-19-16-9-15(17)6-5-14(16)10-18/h5-6,9,13,19H,2-4,7-8,11-12H2,1H3. The molecule has 0 saturated carbocycles. The summed E-state index contributed by atoms with van der Waals surface area (Å²) >= 11 is 5.99. The molecule has 0 aromatic heterocycles. The Morgan fingerprint density at radius 1 is 1.35 bits per heavy atom. The number of piperidine rings is 1. The highest BCUT2D eigenvalue weighted by Crippen LogP contribution is 2.21. The van der Waals surface area contributed by atoms with Gasteiger partial charge in [0.25, 0.3) is 0 Å². The highest BCUT2D eigenvalue weighted by molar-refractivity contribution is 6.30. The van der Waals surface area contributed by atoms with E-state index >= 15 is 0 Å². The van der Waals surface area contributed by atoms with Gasteiger partial charge in [-0.25, -0.2) is 0 Å². The van der Waals surface area contributed by atoms with Gasteiger partial charge in [-0.05, 0) is 50.0 Å². The van der Waals surface area contributed by atoms with Crippen LogP contribution in [0.4, 0.5) is 5.69 Å². The SMILES string of the molecule is CC(CNc1cc(Cl)ccc1C#N)CN1CCCCC1. The molecule has 4 heteroatoms. The number of hydrogen-bond acceptors (Lipinski definition) is 3. The van der Waals surface area contributed by atoms with Gasteiger partial charge in [0.05, 0.1) is 11.3 Å². The first-order valence-corrected chi connectivity index (χ1v) is 7.72. The Morgan fingerprint density at radius 2 is 2.10 bits per heavy atom. The number of benzene rings is 1. The Kier molecular flexibility index (Phi) is 5.70. The van der Waals surface area contributed by atoms with E-state index in [-0.39, 0.29) is 0 Å². The molecule has 20 heavy (non-hydrogen) atoms. The van der Waals surface area contributed by atoms with Crippen molar-refractivity contribution in [2.45, 2.75) is 26.2 Å². The van der Waals surface area contributed by atoms with Crippen molar-refractivity contribution in [3.8, 4) is 6.07 Å². The largest absolute Gasteiger partial charge is 0.384 e. The first-order valence-electron chi connectivity index (χ1n) is 7.35. The molecule has 1 aliphatic rings. The van der Waals surface area contributed by atoms with Crippen molar-refractivity contribution >= 4 is 17.3 Å². The van der Waals surface area contributed by atoms with E-state index in [9.17, 15) is 0 Å². The Balaban J connectivity index is 1.85. The third-order valence-corrected chi connectivity index (χ3v) is 4.00. The van der Waals surface area contributed by atoms with Crippen LogP contribution in [-0.2, 0) is 0 Å². The molecule has 0 radical (unpaired) electrons. The lowest BCUT2D eigenvalue weighted by molar-refractivity contribution is 0.204. The zero-order valence-electron chi connectivity index (χ0n) is 12.0. The van der Waals surface area contributed by atoms with Crippen molar-refractivity contribution in [2.75, 3.05) is 31.5 Å². The van der Waals surface area contributed by atoms with Crippen LogP contribution in [0.5, 0.6) is 0 Å². The minimum atomic E-state index is 0.554. The van der Waals surface area contributed by atoms with Gasteiger partial charge < -0.3 is 10.2 Å². The average molecular weight is 292 g/mol. The average Bonchev–Trinajstić information content (AvgIpc) is 2.46. The molecule has 108 valence electrons. The van der Waals surface area contributed by atoms with Crippen LogP contribution in [-0.4, -0.2) is 31.1 Å². The Bertz CT molecular complexity index is 475. The molecule has 1 aromatic rings. The van der Waals surface area contributed by atoms with Crippen LogP contribution in [0.25, 0.3) is 0 Å². The lowest BCUT2D eigenvalue weighted by Gasteiger charge is -2.29. The van der Waals surface area contributed by atoms with E-state index in [0.29, 0.717) is 16.5 Å². The summed E-state index contributed by atoms with van der Waals surface area (Å²) in [5.41, 5.74) is 1.49. The predicted octanol–water partition coefficient (Wildman–Crippen LogP) is 3.75. The quantitative estimate of drug-likeness (QED) is 0.898. The van der Waals surface area contributed by atoms with Crippen LogP contribution >= 0.6 is 11.6 Å². The summed E-state index contributed by atoms with van der Waals surface area (Å²) in [6.07, 6.45) is 4.03. The van der Waals surface area contributed by atoms with E-state index in [2.05, 4.69) is 23.2 Å². The van der Waals surface area contributed by atoms with Crippen molar-refractivity contribution in [1.82, 2.24) is 4.90 Å². The van der Waals surface area contributed by atoms with E-state index in [0.717, 1.165) is 18.8 Å². The van der Waals surface area contributed by atoms with Crippen molar-refractivity contribution in [1.29, 1.82) is 5.26 Å². The van der Waals surface area contributed by atoms with E-state index in [1.807, 2.05) is 6.07 Å². The molecule has 1 N–H and O–H groups in total. The Hall–Kier alpha value is -1.24. The predicted molar refractivity (Wildman–Crippen MR) is 84.1 cm³/mol. The van der Waals surface area contributed by atoms with Gasteiger partial charge in [0.15, 0.2) is 0 Å². The van der Waals surface area contributed by atoms with E-state index < -0.39 is 0 Å².